The van der Waals surface area contributed by atoms with Gasteiger partial charge in [0.1, 0.15) is 11.6 Å². The van der Waals surface area contributed by atoms with Crippen molar-refractivity contribution < 1.29 is 0 Å². The normalized spacial score (nSPS) is 20.6. The van der Waals surface area contributed by atoms with E-state index in [-0.39, 0.29) is 0 Å². The van der Waals surface area contributed by atoms with Crippen molar-refractivity contribution in [2.75, 3.05) is 18.5 Å². The number of hydrogen-bond donors (Lipinski definition) is 2. The van der Waals surface area contributed by atoms with E-state index in [0.717, 1.165) is 43.0 Å². The number of hydrazine groups is 1. The second kappa shape index (κ2) is 5.63. The Morgan fingerprint density at radius 3 is 2.89 bits per heavy atom. The van der Waals surface area contributed by atoms with Gasteiger partial charge in [-0.1, -0.05) is 13.8 Å². The predicted octanol–water partition coefficient (Wildman–Crippen LogP) is 1.55. The summed E-state index contributed by atoms with van der Waals surface area (Å²) >= 11 is 0. The van der Waals surface area contributed by atoms with E-state index in [9.17, 15) is 0 Å². The molecule has 5 heteroatoms. The highest BCUT2D eigenvalue weighted by Crippen LogP contribution is 2.24. The monoisotopic (exact) mass is 249 g/mol. The molecule has 1 aliphatic rings. The lowest BCUT2D eigenvalue weighted by molar-refractivity contribution is 0.290. The summed E-state index contributed by atoms with van der Waals surface area (Å²) in [5.74, 6) is 8.52. The topological polar surface area (TPSA) is 67.1 Å². The molecular formula is C13H23N5. The fourth-order valence-corrected chi connectivity index (χ4v) is 2.53. The molecular weight excluding hydrogens is 226 g/mol. The van der Waals surface area contributed by atoms with Gasteiger partial charge in [0.15, 0.2) is 0 Å². The molecule has 0 spiro atoms. The molecule has 1 aromatic rings. The van der Waals surface area contributed by atoms with Crippen LogP contribution in [0.1, 0.15) is 31.8 Å². The Bertz CT molecular complexity index is 404. The summed E-state index contributed by atoms with van der Waals surface area (Å²) in [7, 11) is 0. The Balaban J connectivity index is 2.00. The molecule has 5 nitrogen and oxygen atoms in total. The molecule has 1 saturated heterocycles. The lowest BCUT2D eigenvalue weighted by atomic mass is 9.95. The third-order valence-corrected chi connectivity index (χ3v) is 3.67. The van der Waals surface area contributed by atoms with Crippen LogP contribution in [0, 0.1) is 18.8 Å². The number of likely N-dealkylation sites (tertiary alicyclic amines) is 1. The molecule has 3 N–H and O–H groups in total. The van der Waals surface area contributed by atoms with Crippen LogP contribution in [0.15, 0.2) is 6.07 Å². The maximum absolute atomic E-state index is 5.40. The summed E-state index contributed by atoms with van der Waals surface area (Å²) in [6.45, 7) is 9.68. The van der Waals surface area contributed by atoms with Gasteiger partial charge in [-0.15, -0.1) is 0 Å². The maximum Gasteiger partial charge on any atom is 0.145 e. The minimum Gasteiger partial charge on any atom is -0.308 e. The highest BCUT2D eigenvalue weighted by atomic mass is 15.3. The van der Waals surface area contributed by atoms with Crippen molar-refractivity contribution in [2.24, 2.45) is 17.7 Å². The van der Waals surface area contributed by atoms with Crippen molar-refractivity contribution in [1.29, 1.82) is 0 Å². The van der Waals surface area contributed by atoms with E-state index in [1.807, 2.05) is 13.0 Å². The first-order valence-electron chi connectivity index (χ1n) is 6.62. The molecule has 1 atom stereocenters. The highest BCUT2D eigenvalue weighted by molar-refractivity contribution is 5.33. The van der Waals surface area contributed by atoms with Crippen LogP contribution in [-0.2, 0) is 6.54 Å². The Morgan fingerprint density at radius 2 is 2.28 bits per heavy atom. The molecule has 0 saturated carbocycles. The molecule has 0 aliphatic carbocycles. The highest BCUT2D eigenvalue weighted by Gasteiger charge is 2.25. The number of nitrogens with zero attached hydrogens (tertiary/aromatic N) is 3. The Labute approximate surface area is 109 Å². The molecule has 0 amide bonds. The van der Waals surface area contributed by atoms with Gasteiger partial charge in [0.05, 0.1) is 6.54 Å². The van der Waals surface area contributed by atoms with Gasteiger partial charge in [-0.05, 0) is 31.7 Å². The number of aryl methyl sites for hydroxylation is 1. The van der Waals surface area contributed by atoms with Crippen molar-refractivity contribution in [3.8, 4) is 0 Å². The molecule has 1 aliphatic heterocycles. The van der Waals surface area contributed by atoms with Crippen LogP contribution in [-0.4, -0.2) is 28.0 Å². The number of aromatic nitrogens is 2. The molecule has 1 aromatic heterocycles. The van der Waals surface area contributed by atoms with Gasteiger partial charge in [-0.25, -0.2) is 15.8 Å². The summed E-state index contributed by atoms with van der Waals surface area (Å²) in [6, 6.07) is 1.85. The van der Waals surface area contributed by atoms with Gasteiger partial charge < -0.3 is 5.43 Å². The Morgan fingerprint density at radius 1 is 1.50 bits per heavy atom. The fraction of sp³-hybridized carbons (Fsp3) is 0.692. The number of nitrogens with one attached hydrogen (secondary N) is 1. The number of rotatable bonds is 4. The van der Waals surface area contributed by atoms with E-state index >= 15 is 0 Å². The summed E-state index contributed by atoms with van der Waals surface area (Å²) in [6.07, 6.45) is 1.28. The van der Waals surface area contributed by atoms with E-state index in [1.165, 1.54) is 6.42 Å². The summed E-state index contributed by atoms with van der Waals surface area (Å²) in [4.78, 5) is 11.3. The summed E-state index contributed by atoms with van der Waals surface area (Å²) in [5, 5.41) is 0. The largest absolute Gasteiger partial charge is 0.308 e. The molecule has 1 unspecified atom stereocenters. The van der Waals surface area contributed by atoms with E-state index in [1.54, 1.807) is 0 Å². The number of hydrogen-bond acceptors (Lipinski definition) is 5. The van der Waals surface area contributed by atoms with Crippen LogP contribution in [0.2, 0.25) is 0 Å². The van der Waals surface area contributed by atoms with E-state index in [0.29, 0.717) is 5.82 Å². The zero-order valence-corrected chi connectivity index (χ0v) is 11.5. The summed E-state index contributed by atoms with van der Waals surface area (Å²) in [5.41, 5.74) is 3.54. The van der Waals surface area contributed by atoms with Crippen LogP contribution in [0.5, 0.6) is 0 Å². The van der Waals surface area contributed by atoms with Crippen molar-refractivity contribution in [2.45, 2.75) is 33.7 Å². The maximum atomic E-state index is 5.40. The third-order valence-electron chi connectivity index (χ3n) is 3.67. The molecule has 100 valence electrons. The van der Waals surface area contributed by atoms with Gasteiger partial charge in [-0.2, -0.15) is 0 Å². The fourth-order valence-electron chi connectivity index (χ4n) is 2.53. The third kappa shape index (κ3) is 3.17. The zero-order valence-electron chi connectivity index (χ0n) is 11.5. The van der Waals surface area contributed by atoms with Crippen molar-refractivity contribution >= 4 is 5.82 Å². The smallest absolute Gasteiger partial charge is 0.145 e. The van der Waals surface area contributed by atoms with E-state index in [4.69, 9.17) is 5.84 Å². The average molecular weight is 249 g/mol. The second-order valence-electron chi connectivity index (χ2n) is 5.48. The lowest BCUT2D eigenvalue weighted by Gasteiger charge is -2.17. The molecule has 2 rings (SSSR count). The second-order valence-corrected chi connectivity index (χ2v) is 5.48. The van der Waals surface area contributed by atoms with Crippen LogP contribution in [0.3, 0.4) is 0 Å². The minimum atomic E-state index is 0.692. The van der Waals surface area contributed by atoms with Crippen molar-refractivity contribution in [3.63, 3.8) is 0 Å². The van der Waals surface area contributed by atoms with E-state index in [2.05, 4.69) is 34.1 Å². The molecule has 18 heavy (non-hydrogen) atoms. The lowest BCUT2D eigenvalue weighted by Crippen LogP contribution is -2.23. The van der Waals surface area contributed by atoms with Gasteiger partial charge in [0.25, 0.3) is 0 Å². The zero-order chi connectivity index (χ0) is 13.1. The number of nitrogens with two attached hydrogens (primary N) is 1. The molecule has 2 heterocycles. The van der Waals surface area contributed by atoms with Crippen LogP contribution >= 0.6 is 0 Å². The van der Waals surface area contributed by atoms with Crippen LogP contribution < -0.4 is 11.3 Å². The van der Waals surface area contributed by atoms with Gasteiger partial charge in [0.2, 0.25) is 0 Å². The molecule has 0 bridgehead atoms. The number of nitrogen functional groups attached to an aromatic ring is 1. The summed E-state index contributed by atoms with van der Waals surface area (Å²) < 4.78 is 0. The minimum absolute atomic E-state index is 0.692. The van der Waals surface area contributed by atoms with Gasteiger partial charge in [-0.3, -0.25) is 4.90 Å². The van der Waals surface area contributed by atoms with E-state index < -0.39 is 0 Å². The Hall–Kier alpha value is -1.20. The van der Waals surface area contributed by atoms with Crippen LogP contribution in [0.4, 0.5) is 5.82 Å². The average Bonchev–Trinajstić information content (AvgIpc) is 2.76. The Kier molecular flexibility index (Phi) is 4.14. The standard InChI is InChI=1S/C13H23N5/c1-9(2)11-4-5-18(7-11)8-13-15-10(3)6-12(16-13)17-14/h6,9,11H,4-5,7-8,14H2,1-3H3,(H,15,16,17). The first kappa shape index (κ1) is 13.2. The number of anilines is 1. The van der Waals surface area contributed by atoms with Crippen LogP contribution in [0.25, 0.3) is 0 Å². The molecule has 0 radical (unpaired) electrons. The first-order valence-corrected chi connectivity index (χ1v) is 6.62. The van der Waals surface area contributed by atoms with Gasteiger partial charge >= 0.3 is 0 Å². The molecule has 0 aromatic carbocycles. The quantitative estimate of drug-likeness (QED) is 0.626. The first-order chi connectivity index (χ1) is 8.58. The van der Waals surface area contributed by atoms with Crippen molar-refractivity contribution in [1.82, 2.24) is 14.9 Å². The predicted molar refractivity (Wildman–Crippen MR) is 72.8 cm³/mol. The van der Waals surface area contributed by atoms with Crippen molar-refractivity contribution in [3.05, 3.63) is 17.6 Å². The SMILES string of the molecule is Cc1cc(NN)nc(CN2CCC(C(C)C)C2)n1. The van der Waals surface area contributed by atoms with Gasteiger partial charge in [0, 0.05) is 18.3 Å². The molecule has 1 fully saturated rings.